The maximum atomic E-state index is 13.1. The Hall–Kier alpha value is -0.670. The van der Waals surface area contributed by atoms with Gasteiger partial charge in [0.05, 0.1) is 6.54 Å². The van der Waals surface area contributed by atoms with Crippen LogP contribution in [0.3, 0.4) is 0 Å². The maximum absolute atomic E-state index is 13.1. The van der Waals surface area contributed by atoms with E-state index in [1.807, 2.05) is 13.8 Å². The summed E-state index contributed by atoms with van der Waals surface area (Å²) in [6.45, 7) is 6.50. The van der Waals surface area contributed by atoms with Gasteiger partial charge in [0.25, 0.3) is 0 Å². The van der Waals surface area contributed by atoms with Crippen molar-refractivity contribution in [3.63, 3.8) is 0 Å². The Bertz CT molecular complexity index is 231. The van der Waals surface area contributed by atoms with Crippen molar-refractivity contribution in [2.24, 2.45) is 11.8 Å². The van der Waals surface area contributed by atoms with Gasteiger partial charge in [-0.3, -0.25) is 4.79 Å². The van der Waals surface area contributed by atoms with Gasteiger partial charge in [-0.05, 0) is 12.8 Å². The minimum atomic E-state index is -0.903. The molecule has 1 aliphatic carbocycles. The molecule has 0 aromatic rings. The molecule has 16 heavy (non-hydrogen) atoms. The number of rotatable bonds is 1. The Kier molecular flexibility index (Phi) is 4.69. The Morgan fingerprint density at radius 3 is 2.12 bits per heavy atom. The van der Waals surface area contributed by atoms with Gasteiger partial charge in [0.1, 0.15) is 12.3 Å². The molecule has 4 heteroatoms. The first-order valence-electron chi connectivity index (χ1n) is 6.15. The van der Waals surface area contributed by atoms with E-state index >= 15 is 0 Å². The van der Waals surface area contributed by atoms with Gasteiger partial charge in [-0.25, -0.2) is 8.78 Å². The van der Waals surface area contributed by atoms with Crippen LogP contribution in [-0.2, 0) is 4.79 Å². The molecule has 2 atom stereocenters. The minimum Gasteiger partial charge on any atom is -0.339 e. The summed E-state index contributed by atoms with van der Waals surface area (Å²) < 4.78 is 25.6. The molecule has 2 rings (SSSR count). The van der Waals surface area contributed by atoms with E-state index in [-0.39, 0.29) is 24.3 Å². The highest BCUT2D eigenvalue weighted by atomic mass is 19.1. The molecule has 0 unspecified atom stereocenters. The molecule has 1 heterocycles. The van der Waals surface area contributed by atoms with Crippen LogP contribution in [0.4, 0.5) is 8.78 Å². The fourth-order valence-electron chi connectivity index (χ4n) is 2.12. The Morgan fingerprint density at radius 2 is 1.75 bits per heavy atom. The van der Waals surface area contributed by atoms with Crippen molar-refractivity contribution in [2.45, 2.75) is 46.0 Å². The van der Waals surface area contributed by atoms with Gasteiger partial charge in [0.15, 0.2) is 0 Å². The van der Waals surface area contributed by atoms with Gasteiger partial charge in [0.2, 0.25) is 5.91 Å². The van der Waals surface area contributed by atoms with E-state index in [9.17, 15) is 13.6 Å². The van der Waals surface area contributed by atoms with E-state index in [1.54, 1.807) is 11.8 Å². The molecule has 0 aromatic carbocycles. The van der Waals surface area contributed by atoms with Crippen LogP contribution in [0.25, 0.3) is 0 Å². The van der Waals surface area contributed by atoms with Crippen molar-refractivity contribution < 1.29 is 13.6 Å². The Morgan fingerprint density at radius 1 is 1.19 bits per heavy atom. The summed E-state index contributed by atoms with van der Waals surface area (Å²) in [6.07, 6.45) is -1.05. The van der Waals surface area contributed by atoms with E-state index in [0.717, 1.165) is 0 Å². The van der Waals surface area contributed by atoms with Gasteiger partial charge in [-0.15, -0.1) is 0 Å². The van der Waals surface area contributed by atoms with E-state index in [1.165, 1.54) is 0 Å². The largest absolute Gasteiger partial charge is 0.339 e. The zero-order valence-corrected chi connectivity index (χ0v) is 10.2. The number of hydrogen-bond acceptors (Lipinski definition) is 1. The quantitative estimate of drug-likeness (QED) is 0.681. The van der Waals surface area contributed by atoms with Crippen LogP contribution in [0, 0.1) is 11.8 Å². The van der Waals surface area contributed by atoms with Crippen LogP contribution in [0.5, 0.6) is 0 Å². The van der Waals surface area contributed by atoms with Crippen LogP contribution in [0.2, 0.25) is 0 Å². The highest BCUT2D eigenvalue weighted by Crippen LogP contribution is 2.33. The number of amides is 1. The van der Waals surface area contributed by atoms with Crippen LogP contribution in [0.15, 0.2) is 0 Å². The second-order valence-electron chi connectivity index (χ2n) is 4.50. The molecule has 2 nitrogen and oxygen atoms in total. The molecule has 0 radical (unpaired) electrons. The summed E-state index contributed by atoms with van der Waals surface area (Å²) in [6, 6.07) is 0. The molecular formula is C12H21F2NO. The van der Waals surface area contributed by atoms with Gasteiger partial charge >= 0.3 is 0 Å². The SMILES string of the molecule is CC.C[C@@H]1CN(C(=O)C2CC(F)C2)C[C@@H]1F. The first-order chi connectivity index (χ1) is 7.58. The lowest BCUT2D eigenvalue weighted by Crippen LogP contribution is -2.41. The summed E-state index contributed by atoms with van der Waals surface area (Å²) in [5, 5.41) is 0. The number of carbonyl (C=O) groups is 1. The summed E-state index contributed by atoms with van der Waals surface area (Å²) in [5.41, 5.74) is 0. The highest BCUT2D eigenvalue weighted by molar-refractivity contribution is 5.80. The highest BCUT2D eigenvalue weighted by Gasteiger charge is 2.40. The minimum absolute atomic E-state index is 0.0501. The van der Waals surface area contributed by atoms with Crippen LogP contribution in [0.1, 0.15) is 33.6 Å². The van der Waals surface area contributed by atoms with Crippen LogP contribution in [-0.4, -0.2) is 36.2 Å². The summed E-state index contributed by atoms with van der Waals surface area (Å²) >= 11 is 0. The maximum Gasteiger partial charge on any atom is 0.226 e. The third-order valence-corrected chi connectivity index (χ3v) is 3.26. The van der Waals surface area contributed by atoms with E-state index < -0.39 is 12.3 Å². The smallest absolute Gasteiger partial charge is 0.226 e. The zero-order chi connectivity index (χ0) is 12.3. The number of halogens is 2. The molecule has 0 N–H and O–H groups in total. The fourth-order valence-corrected chi connectivity index (χ4v) is 2.12. The molecule has 2 aliphatic rings. The molecule has 1 saturated heterocycles. The first-order valence-corrected chi connectivity index (χ1v) is 6.15. The van der Waals surface area contributed by atoms with Gasteiger partial charge in [-0.2, -0.15) is 0 Å². The lowest BCUT2D eigenvalue weighted by atomic mass is 9.82. The third kappa shape index (κ3) is 2.71. The molecule has 94 valence electrons. The first kappa shape index (κ1) is 13.4. The average molecular weight is 233 g/mol. The van der Waals surface area contributed by atoms with Crippen LogP contribution < -0.4 is 0 Å². The predicted molar refractivity (Wildman–Crippen MR) is 59.6 cm³/mol. The number of nitrogens with zero attached hydrogens (tertiary/aromatic N) is 1. The van der Waals surface area contributed by atoms with Crippen molar-refractivity contribution in [1.29, 1.82) is 0 Å². The summed E-state index contributed by atoms with van der Waals surface area (Å²) in [5.74, 6) is -0.298. The monoisotopic (exact) mass is 233 g/mol. The lowest BCUT2D eigenvalue weighted by Gasteiger charge is -2.31. The van der Waals surface area contributed by atoms with Gasteiger partial charge < -0.3 is 4.90 Å². The molecule has 1 amide bonds. The van der Waals surface area contributed by atoms with Crippen molar-refractivity contribution >= 4 is 5.91 Å². The van der Waals surface area contributed by atoms with Crippen molar-refractivity contribution in [3.8, 4) is 0 Å². The molecule has 1 saturated carbocycles. The van der Waals surface area contributed by atoms with Gasteiger partial charge in [0, 0.05) is 18.4 Å². The molecule has 0 aromatic heterocycles. The topological polar surface area (TPSA) is 20.3 Å². The predicted octanol–water partition coefficient (Wildman–Crippen LogP) is 2.58. The Labute approximate surface area is 96.0 Å². The number of likely N-dealkylation sites (tertiary alicyclic amines) is 1. The summed E-state index contributed by atoms with van der Waals surface area (Å²) in [7, 11) is 0. The second kappa shape index (κ2) is 5.60. The van der Waals surface area contributed by atoms with E-state index in [2.05, 4.69) is 0 Å². The third-order valence-electron chi connectivity index (χ3n) is 3.26. The molecular weight excluding hydrogens is 212 g/mol. The molecule has 0 spiro atoms. The van der Waals surface area contributed by atoms with E-state index in [0.29, 0.717) is 19.4 Å². The fraction of sp³-hybridized carbons (Fsp3) is 0.917. The average Bonchev–Trinajstić information content (AvgIpc) is 2.57. The molecule has 0 bridgehead atoms. The van der Waals surface area contributed by atoms with E-state index in [4.69, 9.17) is 0 Å². The van der Waals surface area contributed by atoms with Crippen molar-refractivity contribution in [2.75, 3.05) is 13.1 Å². The zero-order valence-electron chi connectivity index (χ0n) is 10.2. The van der Waals surface area contributed by atoms with Crippen LogP contribution >= 0.6 is 0 Å². The second-order valence-corrected chi connectivity index (χ2v) is 4.50. The lowest BCUT2D eigenvalue weighted by molar-refractivity contribution is -0.139. The van der Waals surface area contributed by atoms with Gasteiger partial charge in [-0.1, -0.05) is 20.8 Å². The number of alkyl halides is 2. The summed E-state index contributed by atoms with van der Waals surface area (Å²) in [4.78, 5) is 13.2. The molecule has 2 fully saturated rings. The van der Waals surface area contributed by atoms with Crippen molar-refractivity contribution in [1.82, 2.24) is 4.90 Å². The normalized spacial score (nSPS) is 37.4. The Balaban J connectivity index is 0.000000606. The number of carbonyl (C=O) groups excluding carboxylic acids is 1. The standard InChI is InChI=1S/C10H15F2NO.C2H6/c1-6-4-13(5-9(6)12)10(14)7-2-8(11)3-7;1-2/h6-9H,2-5H2,1H3;1-2H3/t6-,7?,8?,9+;/m1./s1. The number of hydrogen-bond donors (Lipinski definition) is 0. The van der Waals surface area contributed by atoms with Crippen molar-refractivity contribution in [3.05, 3.63) is 0 Å². The molecule has 1 aliphatic heterocycles.